The summed E-state index contributed by atoms with van der Waals surface area (Å²) >= 11 is 6.17. The molecule has 1 atom stereocenters. The van der Waals surface area contributed by atoms with Crippen molar-refractivity contribution in [1.82, 2.24) is 0 Å². The second kappa shape index (κ2) is 8.45. The number of nitrogens with one attached hydrogen (secondary N) is 1. The van der Waals surface area contributed by atoms with E-state index < -0.39 is 0 Å². The maximum atomic E-state index is 12.5. The summed E-state index contributed by atoms with van der Waals surface area (Å²) in [5.74, 6) is 0.403. The highest BCUT2D eigenvalue weighted by molar-refractivity contribution is 6.32. The zero-order valence-corrected chi connectivity index (χ0v) is 16.1. The number of rotatable bonds is 5. The molecule has 0 bridgehead atoms. The molecule has 1 heterocycles. The maximum absolute atomic E-state index is 12.5. The molecule has 5 heteroatoms. The summed E-state index contributed by atoms with van der Waals surface area (Å²) in [6, 6.07) is 13.7. The molecule has 1 N–H and O–H groups in total. The maximum Gasteiger partial charge on any atom is 0.255 e. The van der Waals surface area contributed by atoms with Gasteiger partial charge in [0.2, 0.25) is 0 Å². The van der Waals surface area contributed by atoms with Crippen LogP contribution in [0.15, 0.2) is 42.5 Å². The van der Waals surface area contributed by atoms with Crippen molar-refractivity contribution in [3.05, 3.63) is 53.1 Å². The summed E-state index contributed by atoms with van der Waals surface area (Å²) in [6.45, 7) is 5.79. The minimum atomic E-state index is -0.186. The van der Waals surface area contributed by atoms with Gasteiger partial charge in [0.25, 0.3) is 5.91 Å². The molecule has 1 aliphatic rings. The average molecular weight is 373 g/mol. The molecule has 26 heavy (non-hydrogen) atoms. The van der Waals surface area contributed by atoms with E-state index in [-0.39, 0.29) is 5.91 Å². The van der Waals surface area contributed by atoms with Gasteiger partial charge in [-0.05, 0) is 75.6 Å². The van der Waals surface area contributed by atoms with Gasteiger partial charge < -0.3 is 15.0 Å². The fourth-order valence-electron chi connectivity index (χ4n) is 3.34. The number of hydrogen-bond donors (Lipinski definition) is 1. The molecule has 4 nitrogen and oxygen atoms in total. The number of carbonyl (C=O) groups is 1. The fraction of sp³-hybridized carbons (Fsp3) is 0.381. The lowest BCUT2D eigenvalue weighted by Gasteiger charge is -2.35. The number of benzene rings is 2. The van der Waals surface area contributed by atoms with Crippen LogP contribution in [0.5, 0.6) is 5.75 Å². The van der Waals surface area contributed by atoms with Gasteiger partial charge in [-0.2, -0.15) is 0 Å². The van der Waals surface area contributed by atoms with Crippen LogP contribution in [0, 0.1) is 0 Å². The molecule has 1 fully saturated rings. The number of halogens is 1. The van der Waals surface area contributed by atoms with Gasteiger partial charge in [0.15, 0.2) is 0 Å². The molecule has 0 spiro atoms. The van der Waals surface area contributed by atoms with Gasteiger partial charge in [-0.15, -0.1) is 0 Å². The van der Waals surface area contributed by atoms with Crippen LogP contribution >= 0.6 is 11.6 Å². The highest BCUT2D eigenvalue weighted by Gasteiger charge is 2.18. The largest absolute Gasteiger partial charge is 0.492 e. The van der Waals surface area contributed by atoms with E-state index in [1.165, 1.54) is 24.9 Å². The fourth-order valence-corrected chi connectivity index (χ4v) is 3.57. The Bertz CT molecular complexity index is 761. The molecular formula is C21H25ClN2O2. The van der Waals surface area contributed by atoms with E-state index in [1.807, 2.05) is 19.1 Å². The van der Waals surface area contributed by atoms with Crippen LogP contribution in [0.4, 0.5) is 11.4 Å². The molecule has 2 aromatic carbocycles. The highest BCUT2D eigenvalue weighted by Crippen LogP contribution is 2.27. The standard InChI is InChI=1S/C21H25ClN2O2/c1-3-26-20-12-7-16(14-19(20)22)21(25)23-17-8-10-18(11-9-17)24-13-5-4-6-15(24)2/h7-12,14-15H,3-6,13H2,1-2H3,(H,23,25)/t15-/m0/s1. The predicted octanol–water partition coefficient (Wildman–Crippen LogP) is 5.37. The number of hydrogen-bond acceptors (Lipinski definition) is 3. The van der Waals surface area contributed by atoms with Crippen molar-refractivity contribution >= 4 is 28.9 Å². The van der Waals surface area contributed by atoms with Gasteiger partial charge in [0.1, 0.15) is 5.75 Å². The first-order chi connectivity index (χ1) is 12.6. The van der Waals surface area contributed by atoms with Crippen LogP contribution < -0.4 is 15.0 Å². The van der Waals surface area contributed by atoms with Crippen LogP contribution in [0.2, 0.25) is 5.02 Å². The third kappa shape index (κ3) is 4.31. The summed E-state index contributed by atoms with van der Waals surface area (Å²) in [6.07, 6.45) is 3.77. The summed E-state index contributed by atoms with van der Waals surface area (Å²) in [7, 11) is 0. The zero-order valence-electron chi connectivity index (χ0n) is 15.3. The third-order valence-electron chi connectivity index (χ3n) is 4.75. The van der Waals surface area contributed by atoms with Crippen LogP contribution in [-0.4, -0.2) is 25.1 Å². The van der Waals surface area contributed by atoms with E-state index in [4.69, 9.17) is 16.3 Å². The van der Waals surface area contributed by atoms with Gasteiger partial charge in [-0.3, -0.25) is 4.79 Å². The van der Waals surface area contributed by atoms with Crippen molar-refractivity contribution < 1.29 is 9.53 Å². The van der Waals surface area contributed by atoms with Gasteiger partial charge in [-0.1, -0.05) is 11.6 Å². The van der Waals surface area contributed by atoms with Crippen molar-refractivity contribution in [1.29, 1.82) is 0 Å². The number of nitrogens with zero attached hydrogens (tertiary/aromatic N) is 1. The van der Waals surface area contributed by atoms with E-state index in [2.05, 4.69) is 29.3 Å². The minimum absolute atomic E-state index is 0.186. The topological polar surface area (TPSA) is 41.6 Å². The molecule has 1 amide bonds. The van der Waals surface area contributed by atoms with Gasteiger partial charge in [0, 0.05) is 29.5 Å². The number of anilines is 2. The molecule has 0 aliphatic carbocycles. The average Bonchev–Trinajstić information content (AvgIpc) is 2.65. The lowest BCUT2D eigenvalue weighted by Crippen LogP contribution is -2.37. The van der Waals surface area contributed by atoms with Gasteiger partial charge >= 0.3 is 0 Å². The Morgan fingerprint density at radius 3 is 2.65 bits per heavy atom. The van der Waals surface area contributed by atoms with Crippen molar-refractivity contribution in [3.8, 4) is 5.75 Å². The zero-order chi connectivity index (χ0) is 18.5. The minimum Gasteiger partial charge on any atom is -0.492 e. The van der Waals surface area contributed by atoms with Crippen molar-refractivity contribution in [2.45, 2.75) is 39.2 Å². The first-order valence-electron chi connectivity index (χ1n) is 9.19. The highest BCUT2D eigenvalue weighted by atomic mass is 35.5. The van der Waals surface area contributed by atoms with Crippen LogP contribution in [0.3, 0.4) is 0 Å². The molecular weight excluding hydrogens is 348 g/mol. The smallest absolute Gasteiger partial charge is 0.255 e. The van der Waals surface area contributed by atoms with E-state index in [0.717, 1.165) is 12.2 Å². The molecule has 0 saturated carbocycles. The first-order valence-corrected chi connectivity index (χ1v) is 9.56. The summed E-state index contributed by atoms with van der Waals surface area (Å²) < 4.78 is 5.40. The Morgan fingerprint density at radius 2 is 2.00 bits per heavy atom. The van der Waals surface area contributed by atoms with Crippen molar-refractivity contribution in [3.63, 3.8) is 0 Å². The summed E-state index contributed by atoms with van der Waals surface area (Å²) in [5.41, 5.74) is 2.49. The lowest BCUT2D eigenvalue weighted by molar-refractivity contribution is 0.102. The lowest BCUT2D eigenvalue weighted by atomic mass is 10.0. The van der Waals surface area contributed by atoms with E-state index >= 15 is 0 Å². The number of amides is 1. The number of piperidine rings is 1. The van der Waals surface area contributed by atoms with Gasteiger partial charge in [0.05, 0.1) is 11.6 Å². The molecule has 1 saturated heterocycles. The SMILES string of the molecule is CCOc1ccc(C(=O)Nc2ccc(N3CCCC[C@@H]3C)cc2)cc1Cl. The molecule has 0 radical (unpaired) electrons. The van der Waals surface area contributed by atoms with Crippen LogP contribution in [-0.2, 0) is 0 Å². The van der Waals surface area contributed by atoms with Crippen molar-refractivity contribution in [2.24, 2.45) is 0 Å². The first kappa shape index (κ1) is 18.6. The molecule has 3 rings (SSSR count). The Balaban J connectivity index is 1.67. The predicted molar refractivity (Wildman–Crippen MR) is 108 cm³/mol. The molecule has 0 aromatic heterocycles. The second-order valence-corrected chi connectivity index (χ2v) is 7.02. The Labute approximate surface area is 160 Å². The molecule has 0 unspecified atom stereocenters. The Kier molecular flexibility index (Phi) is 6.04. The van der Waals surface area contributed by atoms with Gasteiger partial charge in [-0.25, -0.2) is 0 Å². The monoisotopic (exact) mass is 372 g/mol. The number of carbonyl (C=O) groups excluding carboxylic acids is 1. The Morgan fingerprint density at radius 1 is 1.23 bits per heavy atom. The van der Waals surface area contributed by atoms with E-state index in [1.54, 1.807) is 18.2 Å². The number of ether oxygens (including phenoxy) is 1. The Hall–Kier alpha value is -2.20. The van der Waals surface area contributed by atoms with Crippen molar-refractivity contribution in [2.75, 3.05) is 23.4 Å². The van der Waals surface area contributed by atoms with Crippen LogP contribution in [0.1, 0.15) is 43.5 Å². The van der Waals surface area contributed by atoms with E-state index in [0.29, 0.717) is 29.0 Å². The van der Waals surface area contributed by atoms with E-state index in [9.17, 15) is 4.79 Å². The molecule has 138 valence electrons. The quantitative estimate of drug-likeness (QED) is 0.767. The second-order valence-electron chi connectivity index (χ2n) is 6.62. The van der Waals surface area contributed by atoms with Crippen LogP contribution in [0.25, 0.3) is 0 Å². The third-order valence-corrected chi connectivity index (χ3v) is 5.05. The molecule has 1 aliphatic heterocycles. The summed E-state index contributed by atoms with van der Waals surface area (Å²) in [5, 5.41) is 3.36. The summed E-state index contributed by atoms with van der Waals surface area (Å²) in [4.78, 5) is 14.9. The normalized spacial score (nSPS) is 17.0. The molecule has 2 aromatic rings.